The lowest BCUT2D eigenvalue weighted by atomic mass is 9.99. The van der Waals surface area contributed by atoms with Crippen molar-refractivity contribution in [2.24, 2.45) is 0 Å². The van der Waals surface area contributed by atoms with Crippen LogP contribution in [0.3, 0.4) is 0 Å². The van der Waals surface area contributed by atoms with Gasteiger partial charge in [-0.05, 0) is 31.7 Å². The molecule has 0 radical (unpaired) electrons. The van der Waals surface area contributed by atoms with Crippen molar-refractivity contribution in [3.05, 3.63) is 34.2 Å². The Kier molecular flexibility index (Phi) is 4.48. The van der Waals surface area contributed by atoms with Crippen LogP contribution in [0.5, 0.6) is 0 Å². The summed E-state index contributed by atoms with van der Waals surface area (Å²) in [5, 5.41) is 10.7. The first-order chi connectivity index (χ1) is 10.2. The fraction of sp³-hybridized carbons (Fsp3) is 0.438. The number of rotatable bonds is 3. The molecular weight excluding hydrogens is 306 g/mol. The number of likely N-dealkylation sites (tertiary alicyclic amines) is 1. The summed E-state index contributed by atoms with van der Waals surface area (Å²) in [4.78, 5) is 15.4. The molecule has 1 unspecified atom stereocenters. The molecule has 1 aromatic carbocycles. The molecule has 0 aliphatic carbocycles. The van der Waals surface area contributed by atoms with E-state index in [0.29, 0.717) is 16.3 Å². The molecule has 1 aliphatic heterocycles. The third-order valence-corrected chi connectivity index (χ3v) is 5.74. The number of carbonyl (C=O) groups is 1. The maximum absolute atomic E-state index is 12.8. The Morgan fingerprint density at radius 1 is 1.38 bits per heavy atom. The second-order valence-corrected chi connectivity index (χ2v) is 6.83. The van der Waals surface area contributed by atoms with Crippen LogP contribution in [0.4, 0.5) is 0 Å². The number of hydrogen-bond acceptors (Lipinski definition) is 3. The van der Waals surface area contributed by atoms with E-state index in [9.17, 15) is 9.90 Å². The summed E-state index contributed by atoms with van der Waals surface area (Å²) in [6, 6.07) is 7.97. The fourth-order valence-electron chi connectivity index (χ4n) is 3.00. The minimum atomic E-state index is 0.0133. The van der Waals surface area contributed by atoms with Crippen molar-refractivity contribution in [1.29, 1.82) is 0 Å². The van der Waals surface area contributed by atoms with Crippen LogP contribution >= 0.6 is 22.9 Å². The molecule has 21 heavy (non-hydrogen) atoms. The number of aliphatic hydroxyl groups excluding tert-OH is 1. The minimum Gasteiger partial charge on any atom is -0.396 e. The normalized spacial score (nSPS) is 19.1. The summed E-state index contributed by atoms with van der Waals surface area (Å²) < 4.78 is 1.04. The highest BCUT2D eigenvalue weighted by Gasteiger charge is 2.29. The van der Waals surface area contributed by atoms with Crippen LogP contribution in [-0.2, 0) is 0 Å². The number of benzene rings is 1. The lowest BCUT2D eigenvalue weighted by molar-refractivity contribution is 0.0580. The standard InChI is InChI=1S/C16H18ClNO2S/c17-14-12-6-1-2-7-13(12)21-15(14)16(20)18-9-4-3-5-11(18)8-10-19/h1-2,6-7,11,19H,3-5,8-10H2. The average Bonchev–Trinajstić information content (AvgIpc) is 2.85. The molecule has 0 bridgehead atoms. The highest BCUT2D eigenvalue weighted by atomic mass is 35.5. The maximum atomic E-state index is 12.8. The monoisotopic (exact) mass is 323 g/mol. The van der Waals surface area contributed by atoms with Crippen molar-refractivity contribution in [3.8, 4) is 0 Å². The van der Waals surface area contributed by atoms with Gasteiger partial charge in [-0.15, -0.1) is 11.3 Å². The van der Waals surface area contributed by atoms with Crippen molar-refractivity contribution in [2.45, 2.75) is 31.7 Å². The summed E-state index contributed by atoms with van der Waals surface area (Å²) in [6.45, 7) is 0.878. The van der Waals surface area contributed by atoms with Gasteiger partial charge in [-0.1, -0.05) is 29.8 Å². The third kappa shape index (κ3) is 2.80. The zero-order chi connectivity index (χ0) is 14.8. The van der Waals surface area contributed by atoms with Crippen LogP contribution in [0.25, 0.3) is 10.1 Å². The molecule has 1 atom stereocenters. The van der Waals surface area contributed by atoms with E-state index < -0.39 is 0 Å². The van der Waals surface area contributed by atoms with E-state index in [2.05, 4.69) is 0 Å². The second-order valence-electron chi connectivity index (χ2n) is 5.40. The van der Waals surface area contributed by atoms with E-state index >= 15 is 0 Å². The van der Waals surface area contributed by atoms with Gasteiger partial charge in [0, 0.05) is 29.3 Å². The predicted molar refractivity (Wildman–Crippen MR) is 87.2 cm³/mol. The van der Waals surface area contributed by atoms with E-state index in [0.717, 1.165) is 35.9 Å². The van der Waals surface area contributed by atoms with Gasteiger partial charge in [0.2, 0.25) is 0 Å². The third-order valence-electron chi connectivity index (χ3n) is 4.08. The Labute approximate surface area is 133 Å². The Morgan fingerprint density at radius 2 is 2.19 bits per heavy atom. The molecule has 3 rings (SSSR count). The number of aliphatic hydroxyl groups is 1. The molecule has 1 aliphatic rings. The van der Waals surface area contributed by atoms with E-state index in [4.69, 9.17) is 11.6 Å². The van der Waals surface area contributed by atoms with Crippen LogP contribution in [-0.4, -0.2) is 35.1 Å². The van der Waals surface area contributed by atoms with Gasteiger partial charge < -0.3 is 10.0 Å². The van der Waals surface area contributed by atoms with Crippen molar-refractivity contribution in [3.63, 3.8) is 0 Å². The van der Waals surface area contributed by atoms with Gasteiger partial charge in [0.15, 0.2) is 0 Å². The number of thiophene rings is 1. The molecule has 112 valence electrons. The van der Waals surface area contributed by atoms with Gasteiger partial charge >= 0.3 is 0 Å². The smallest absolute Gasteiger partial charge is 0.265 e. The van der Waals surface area contributed by atoms with Gasteiger partial charge in [-0.25, -0.2) is 0 Å². The number of carbonyl (C=O) groups excluding carboxylic acids is 1. The van der Waals surface area contributed by atoms with Crippen LogP contribution in [0, 0.1) is 0 Å². The molecule has 2 aromatic rings. The molecule has 1 fully saturated rings. The molecular formula is C16H18ClNO2S. The minimum absolute atomic E-state index is 0.0133. The fourth-order valence-corrected chi connectivity index (χ4v) is 4.47. The lowest BCUT2D eigenvalue weighted by Gasteiger charge is -2.35. The molecule has 5 heteroatoms. The van der Waals surface area contributed by atoms with Crippen LogP contribution in [0.2, 0.25) is 5.02 Å². The van der Waals surface area contributed by atoms with E-state index in [1.165, 1.54) is 11.3 Å². The summed E-state index contributed by atoms with van der Waals surface area (Å²) >= 11 is 7.87. The molecule has 0 saturated carbocycles. The highest BCUT2D eigenvalue weighted by Crippen LogP contribution is 2.37. The van der Waals surface area contributed by atoms with E-state index in [1.54, 1.807) is 0 Å². The SMILES string of the molecule is O=C(c1sc2ccccc2c1Cl)N1CCCCC1CCO. The van der Waals surface area contributed by atoms with Crippen LogP contribution < -0.4 is 0 Å². The Bertz CT molecular complexity index is 653. The molecule has 1 aromatic heterocycles. The number of piperidine rings is 1. The molecule has 1 amide bonds. The number of halogens is 1. The summed E-state index contributed by atoms with van der Waals surface area (Å²) in [6.07, 6.45) is 3.76. The Hall–Kier alpha value is -1.10. The molecule has 1 saturated heterocycles. The number of amides is 1. The quantitative estimate of drug-likeness (QED) is 0.929. The molecule has 3 nitrogen and oxygen atoms in total. The summed E-state index contributed by atoms with van der Waals surface area (Å²) in [5.41, 5.74) is 0. The molecule has 0 spiro atoms. The van der Waals surface area contributed by atoms with Gasteiger partial charge in [-0.3, -0.25) is 4.79 Å². The number of nitrogens with zero attached hydrogens (tertiary/aromatic N) is 1. The van der Waals surface area contributed by atoms with Gasteiger partial charge in [0.05, 0.1) is 5.02 Å². The van der Waals surface area contributed by atoms with Gasteiger partial charge in [0.25, 0.3) is 5.91 Å². The first kappa shape index (κ1) is 14.8. The predicted octanol–water partition coefficient (Wildman–Crippen LogP) is 3.93. The van der Waals surface area contributed by atoms with Crippen molar-refractivity contribution < 1.29 is 9.90 Å². The number of hydrogen-bond donors (Lipinski definition) is 1. The Balaban J connectivity index is 1.93. The summed E-state index contributed by atoms with van der Waals surface area (Å²) in [5.74, 6) is 0.0133. The largest absolute Gasteiger partial charge is 0.396 e. The van der Waals surface area contributed by atoms with Gasteiger partial charge in [0.1, 0.15) is 4.88 Å². The summed E-state index contributed by atoms with van der Waals surface area (Å²) in [7, 11) is 0. The highest BCUT2D eigenvalue weighted by molar-refractivity contribution is 7.21. The second kappa shape index (κ2) is 6.34. The zero-order valence-corrected chi connectivity index (χ0v) is 13.3. The average molecular weight is 324 g/mol. The van der Waals surface area contributed by atoms with E-state index in [1.807, 2.05) is 29.2 Å². The first-order valence-electron chi connectivity index (χ1n) is 7.31. The van der Waals surface area contributed by atoms with Crippen molar-refractivity contribution in [2.75, 3.05) is 13.2 Å². The van der Waals surface area contributed by atoms with Crippen LogP contribution in [0.1, 0.15) is 35.4 Å². The van der Waals surface area contributed by atoms with Crippen molar-refractivity contribution in [1.82, 2.24) is 4.90 Å². The first-order valence-corrected chi connectivity index (χ1v) is 8.50. The lowest BCUT2D eigenvalue weighted by Crippen LogP contribution is -2.44. The zero-order valence-electron chi connectivity index (χ0n) is 11.7. The van der Waals surface area contributed by atoms with E-state index in [-0.39, 0.29) is 18.6 Å². The topological polar surface area (TPSA) is 40.5 Å². The van der Waals surface area contributed by atoms with Crippen LogP contribution in [0.15, 0.2) is 24.3 Å². The number of fused-ring (bicyclic) bond motifs is 1. The maximum Gasteiger partial charge on any atom is 0.265 e. The molecule has 1 N–H and O–H groups in total. The van der Waals surface area contributed by atoms with Crippen molar-refractivity contribution >= 4 is 38.9 Å². The van der Waals surface area contributed by atoms with Gasteiger partial charge in [-0.2, -0.15) is 0 Å². The molecule has 2 heterocycles. The Morgan fingerprint density at radius 3 is 2.95 bits per heavy atom.